The highest BCUT2D eigenvalue weighted by Gasteiger charge is 2.04. The van der Waals surface area contributed by atoms with E-state index >= 15 is 0 Å². The fourth-order valence-corrected chi connectivity index (χ4v) is 1.93. The number of methoxy groups -OCH3 is 1. The fourth-order valence-electron chi connectivity index (χ4n) is 1.93. The van der Waals surface area contributed by atoms with Crippen molar-refractivity contribution in [1.29, 1.82) is 0 Å². The molecule has 1 aromatic rings. The summed E-state index contributed by atoms with van der Waals surface area (Å²) in [6.07, 6.45) is 2.08. The molecule has 0 aliphatic heterocycles. The van der Waals surface area contributed by atoms with Crippen LogP contribution in [0.2, 0.25) is 0 Å². The van der Waals surface area contributed by atoms with E-state index in [4.69, 9.17) is 4.74 Å². The summed E-state index contributed by atoms with van der Waals surface area (Å²) < 4.78 is 4.99. The van der Waals surface area contributed by atoms with Crippen LogP contribution >= 0.6 is 24.0 Å². The van der Waals surface area contributed by atoms with Crippen molar-refractivity contribution in [2.24, 2.45) is 4.99 Å². The Morgan fingerprint density at radius 3 is 2.42 bits per heavy atom. The van der Waals surface area contributed by atoms with E-state index < -0.39 is 0 Å². The average Bonchev–Trinajstić information content (AvgIpc) is 2.58. The maximum Gasteiger partial charge on any atom is 0.251 e. The molecular formula is C17H29IN4O2. The van der Waals surface area contributed by atoms with E-state index in [0.717, 1.165) is 30.9 Å². The molecule has 1 amide bonds. The van der Waals surface area contributed by atoms with Crippen LogP contribution in [0.15, 0.2) is 29.3 Å². The minimum absolute atomic E-state index is 0. The second-order valence-corrected chi connectivity index (χ2v) is 5.15. The van der Waals surface area contributed by atoms with Crippen molar-refractivity contribution in [1.82, 2.24) is 16.0 Å². The lowest BCUT2D eigenvalue weighted by molar-refractivity contribution is 0.0953. The van der Waals surface area contributed by atoms with Gasteiger partial charge in [-0.25, -0.2) is 0 Å². The molecule has 0 aliphatic carbocycles. The monoisotopic (exact) mass is 448 g/mol. The van der Waals surface area contributed by atoms with Crippen LogP contribution in [0.25, 0.3) is 0 Å². The second-order valence-electron chi connectivity index (χ2n) is 5.15. The van der Waals surface area contributed by atoms with E-state index in [2.05, 4.69) is 27.9 Å². The number of guanidine groups is 1. The van der Waals surface area contributed by atoms with Crippen LogP contribution in [0, 0.1) is 0 Å². The second kappa shape index (κ2) is 14.0. The van der Waals surface area contributed by atoms with Crippen molar-refractivity contribution in [3.8, 4) is 0 Å². The molecule has 6 nitrogen and oxygen atoms in total. The number of rotatable bonds is 9. The molecule has 0 saturated heterocycles. The molecule has 0 radical (unpaired) electrons. The van der Waals surface area contributed by atoms with Crippen molar-refractivity contribution in [2.45, 2.75) is 26.3 Å². The lowest BCUT2D eigenvalue weighted by Gasteiger charge is -2.12. The Morgan fingerprint density at radius 2 is 1.83 bits per heavy atom. The summed E-state index contributed by atoms with van der Waals surface area (Å²) in [7, 11) is 3.39. The summed E-state index contributed by atoms with van der Waals surface area (Å²) in [4.78, 5) is 16.1. The molecule has 0 spiro atoms. The number of halogens is 1. The summed E-state index contributed by atoms with van der Waals surface area (Å²) in [5, 5.41) is 9.28. The molecule has 0 fully saturated rings. The SMILES string of the molecule is CCCCNC(=O)c1ccc(CNC(=NC)NCCOC)cc1.I. The predicted octanol–water partition coefficient (Wildman–Crippen LogP) is 2.15. The highest BCUT2D eigenvalue weighted by atomic mass is 127. The molecule has 0 aromatic heterocycles. The van der Waals surface area contributed by atoms with Gasteiger partial charge in [0.1, 0.15) is 0 Å². The lowest BCUT2D eigenvalue weighted by Crippen LogP contribution is -2.38. The number of benzene rings is 1. The first-order chi connectivity index (χ1) is 11.2. The maximum absolute atomic E-state index is 11.9. The number of hydrogen-bond donors (Lipinski definition) is 3. The molecule has 0 bridgehead atoms. The first-order valence-electron chi connectivity index (χ1n) is 8.01. The van der Waals surface area contributed by atoms with Gasteiger partial charge in [-0.05, 0) is 24.1 Å². The number of amides is 1. The minimum Gasteiger partial charge on any atom is -0.383 e. The molecule has 1 aromatic carbocycles. The number of carbonyl (C=O) groups is 1. The van der Waals surface area contributed by atoms with Gasteiger partial charge in [-0.1, -0.05) is 25.5 Å². The molecular weight excluding hydrogens is 419 g/mol. The van der Waals surface area contributed by atoms with Crippen molar-refractivity contribution in [3.63, 3.8) is 0 Å². The highest BCUT2D eigenvalue weighted by molar-refractivity contribution is 14.0. The predicted molar refractivity (Wildman–Crippen MR) is 109 cm³/mol. The van der Waals surface area contributed by atoms with Gasteiger partial charge in [0.2, 0.25) is 0 Å². The van der Waals surface area contributed by atoms with E-state index in [1.54, 1.807) is 14.2 Å². The Morgan fingerprint density at radius 1 is 1.12 bits per heavy atom. The molecule has 1 rings (SSSR count). The normalized spacial score (nSPS) is 10.7. The number of hydrogen-bond acceptors (Lipinski definition) is 3. The Hall–Kier alpha value is -1.35. The third-order valence-electron chi connectivity index (χ3n) is 3.31. The van der Waals surface area contributed by atoms with Gasteiger partial charge in [-0.3, -0.25) is 9.79 Å². The van der Waals surface area contributed by atoms with Gasteiger partial charge in [0, 0.05) is 39.4 Å². The van der Waals surface area contributed by atoms with Crippen LogP contribution in [0.1, 0.15) is 35.7 Å². The smallest absolute Gasteiger partial charge is 0.251 e. The van der Waals surface area contributed by atoms with Crippen LogP contribution in [-0.4, -0.2) is 45.7 Å². The quantitative estimate of drug-likeness (QED) is 0.234. The Labute approximate surface area is 161 Å². The summed E-state index contributed by atoms with van der Waals surface area (Å²) in [5.41, 5.74) is 1.78. The summed E-state index contributed by atoms with van der Waals surface area (Å²) in [6.45, 7) is 4.80. The Balaban J connectivity index is 0.00000529. The van der Waals surface area contributed by atoms with Gasteiger partial charge < -0.3 is 20.7 Å². The zero-order chi connectivity index (χ0) is 16.9. The molecule has 7 heteroatoms. The zero-order valence-electron chi connectivity index (χ0n) is 14.7. The van der Waals surface area contributed by atoms with E-state index in [1.165, 1.54) is 0 Å². The number of carbonyl (C=O) groups excluding carboxylic acids is 1. The van der Waals surface area contributed by atoms with Gasteiger partial charge in [-0.15, -0.1) is 24.0 Å². The molecule has 136 valence electrons. The summed E-state index contributed by atoms with van der Waals surface area (Å²) in [5.74, 6) is 0.707. The summed E-state index contributed by atoms with van der Waals surface area (Å²) in [6, 6.07) is 7.59. The standard InChI is InChI=1S/C17H28N4O2.HI/c1-4-5-10-19-16(22)15-8-6-14(7-9-15)13-21-17(18-2)20-11-12-23-3;/h6-9H,4-5,10-13H2,1-3H3,(H,19,22)(H2,18,20,21);1H. The van der Waals surface area contributed by atoms with Crippen molar-refractivity contribution in [2.75, 3.05) is 33.9 Å². The molecule has 0 heterocycles. The Kier molecular flexibility index (Phi) is 13.2. The first kappa shape index (κ1) is 22.6. The molecule has 24 heavy (non-hydrogen) atoms. The van der Waals surface area contributed by atoms with Gasteiger partial charge in [0.25, 0.3) is 5.91 Å². The topological polar surface area (TPSA) is 74.8 Å². The van der Waals surface area contributed by atoms with Crippen molar-refractivity contribution < 1.29 is 9.53 Å². The van der Waals surface area contributed by atoms with Crippen molar-refractivity contribution >= 4 is 35.8 Å². The van der Waals surface area contributed by atoms with Crippen LogP contribution in [-0.2, 0) is 11.3 Å². The molecule has 3 N–H and O–H groups in total. The number of unbranched alkanes of at least 4 members (excludes halogenated alkanes) is 1. The van der Waals surface area contributed by atoms with Gasteiger partial charge in [0.15, 0.2) is 5.96 Å². The minimum atomic E-state index is -0.0185. The summed E-state index contributed by atoms with van der Waals surface area (Å²) >= 11 is 0. The molecule has 0 unspecified atom stereocenters. The number of aliphatic imine (C=N–C) groups is 1. The largest absolute Gasteiger partial charge is 0.383 e. The van der Waals surface area contributed by atoms with Crippen LogP contribution in [0.3, 0.4) is 0 Å². The van der Waals surface area contributed by atoms with Crippen LogP contribution < -0.4 is 16.0 Å². The fraction of sp³-hybridized carbons (Fsp3) is 0.529. The third-order valence-corrected chi connectivity index (χ3v) is 3.31. The van der Waals surface area contributed by atoms with Crippen molar-refractivity contribution in [3.05, 3.63) is 35.4 Å². The van der Waals surface area contributed by atoms with Crippen LogP contribution in [0.5, 0.6) is 0 Å². The van der Waals surface area contributed by atoms with E-state index in [9.17, 15) is 4.79 Å². The van der Waals surface area contributed by atoms with E-state index in [0.29, 0.717) is 25.3 Å². The van der Waals surface area contributed by atoms with E-state index in [-0.39, 0.29) is 29.9 Å². The molecule has 0 saturated carbocycles. The number of nitrogens with zero attached hydrogens (tertiary/aromatic N) is 1. The maximum atomic E-state index is 11.9. The molecule has 0 aliphatic rings. The van der Waals surface area contributed by atoms with Gasteiger partial charge >= 0.3 is 0 Å². The first-order valence-corrected chi connectivity index (χ1v) is 8.01. The zero-order valence-corrected chi connectivity index (χ0v) is 17.1. The number of nitrogens with one attached hydrogen (secondary N) is 3. The number of ether oxygens (including phenoxy) is 1. The average molecular weight is 448 g/mol. The van der Waals surface area contributed by atoms with Gasteiger partial charge in [0.05, 0.1) is 6.61 Å². The van der Waals surface area contributed by atoms with Gasteiger partial charge in [-0.2, -0.15) is 0 Å². The highest BCUT2D eigenvalue weighted by Crippen LogP contribution is 2.04. The van der Waals surface area contributed by atoms with E-state index in [1.807, 2.05) is 24.3 Å². The molecule has 0 atom stereocenters. The third kappa shape index (κ3) is 9.07. The van der Waals surface area contributed by atoms with Crippen LogP contribution in [0.4, 0.5) is 0 Å². The lowest BCUT2D eigenvalue weighted by atomic mass is 10.1. The Bertz CT molecular complexity index is 492.